The van der Waals surface area contributed by atoms with Gasteiger partial charge >= 0.3 is 11.9 Å². The molecule has 1 heterocycles. The smallest absolute Gasteiger partial charge is 0.326 e. The summed E-state index contributed by atoms with van der Waals surface area (Å²) in [4.78, 5) is 69.2. The fraction of sp³-hybridized carbons (Fsp3) is 0.481. The lowest BCUT2D eigenvalue weighted by Crippen LogP contribution is -2.58. The number of para-hydroxylation sites is 1. The van der Waals surface area contributed by atoms with Crippen LogP contribution in [0.1, 0.15) is 45.1 Å². The summed E-state index contributed by atoms with van der Waals surface area (Å²) in [5.74, 6) is -5.14. The van der Waals surface area contributed by atoms with Crippen LogP contribution in [0.5, 0.6) is 0 Å². The number of aromatic amines is 1. The Kier molecular flexibility index (Phi) is 12.7. The Balaban J connectivity index is 2.32. The maximum atomic E-state index is 13.5. The molecule has 230 valence electrons. The second-order valence-electron chi connectivity index (χ2n) is 10.2. The minimum Gasteiger partial charge on any atom is -0.481 e. The van der Waals surface area contributed by atoms with E-state index in [0.717, 1.165) is 10.9 Å². The third-order valence-electron chi connectivity index (χ3n) is 6.55. The van der Waals surface area contributed by atoms with Gasteiger partial charge in [0.15, 0.2) is 5.96 Å². The fourth-order valence-corrected chi connectivity index (χ4v) is 4.23. The van der Waals surface area contributed by atoms with Gasteiger partial charge in [0.05, 0.1) is 6.04 Å². The van der Waals surface area contributed by atoms with Gasteiger partial charge in [0, 0.05) is 36.5 Å². The molecule has 4 atom stereocenters. The molecule has 0 aliphatic rings. The van der Waals surface area contributed by atoms with Gasteiger partial charge < -0.3 is 48.3 Å². The molecule has 0 bridgehead atoms. The fourth-order valence-electron chi connectivity index (χ4n) is 4.23. The number of carboxylic acid groups (broad SMARTS) is 2. The van der Waals surface area contributed by atoms with E-state index < -0.39 is 59.7 Å². The van der Waals surface area contributed by atoms with Crippen molar-refractivity contribution >= 4 is 46.5 Å². The minimum absolute atomic E-state index is 0.0127. The van der Waals surface area contributed by atoms with Crippen molar-refractivity contribution in [2.45, 2.75) is 70.1 Å². The van der Waals surface area contributed by atoms with Crippen LogP contribution in [-0.4, -0.2) is 81.5 Å². The predicted molar refractivity (Wildman–Crippen MR) is 155 cm³/mol. The number of guanidine groups is 1. The Morgan fingerprint density at radius 2 is 1.57 bits per heavy atom. The van der Waals surface area contributed by atoms with E-state index in [1.807, 2.05) is 24.3 Å². The van der Waals surface area contributed by atoms with Crippen molar-refractivity contribution in [3.8, 4) is 0 Å². The Labute approximate surface area is 242 Å². The van der Waals surface area contributed by atoms with Crippen molar-refractivity contribution in [3.05, 3.63) is 36.0 Å². The lowest BCUT2D eigenvalue weighted by molar-refractivity contribution is -0.143. The van der Waals surface area contributed by atoms with E-state index in [0.29, 0.717) is 5.56 Å². The highest BCUT2D eigenvalue weighted by atomic mass is 16.4. The molecule has 2 rings (SSSR count). The molecule has 0 aliphatic carbocycles. The topological polar surface area (TPSA) is 268 Å². The minimum atomic E-state index is -1.23. The van der Waals surface area contributed by atoms with Gasteiger partial charge in [-0.25, -0.2) is 4.79 Å². The number of carbonyl (C=O) groups is 5. The van der Waals surface area contributed by atoms with Gasteiger partial charge in [-0.2, -0.15) is 0 Å². The molecule has 15 nitrogen and oxygen atoms in total. The molecule has 1 aromatic carbocycles. The summed E-state index contributed by atoms with van der Waals surface area (Å²) in [6.45, 7) is 3.44. The molecule has 12 N–H and O–H groups in total. The highest BCUT2D eigenvalue weighted by Crippen LogP contribution is 2.19. The van der Waals surface area contributed by atoms with Crippen molar-refractivity contribution in [2.24, 2.45) is 28.1 Å². The van der Waals surface area contributed by atoms with Crippen molar-refractivity contribution in [3.63, 3.8) is 0 Å². The van der Waals surface area contributed by atoms with Gasteiger partial charge in [0.2, 0.25) is 17.7 Å². The number of aliphatic carboxylic acids is 2. The third-order valence-corrected chi connectivity index (χ3v) is 6.55. The van der Waals surface area contributed by atoms with Crippen LogP contribution in [-0.2, 0) is 30.4 Å². The molecule has 0 spiro atoms. The molecular formula is C27H40N8O7. The summed E-state index contributed by atoms with van der Waals surface area (Å²) >= 11 is 0. The first-order valence-corrected chi connectivity index (χ1v) is 13.5. The maximum Gasteiger partial charge on any atom is 0.326 e. The van der Waals surface area contributed by atoms with Gasteiger partial charge in [-0.15, -0.1) is 0 Å². The first-order chi connectivity index (χ1) is 19.8. The summed E-state index contributed by atoms with van der Waals surface area (Å²) in [7, 11) is 0. The van der Waals surface area contributed by atoms with Crippen molar-refractivity contribution < 1.29 is 34.2 Å². The number of carbonyl (C=O) groups excluding carboxylic acids is 3. The number of nitrogens with two attached hydrogens (primary N) is 3. The van der Waals surface area contributed by atoms with Crippen LogP contribution in [0.4, 0.5) is 0 Å². The van der Waals surface area contributed by atoms with Crippen LogP contribution in [0.2, 0.25) is 0 Å². The number of carboxylic acids is 2. The molecule has 0 saturated heterocycles. The number of fused-ring (bicyclic) bond motifs is 1. The highest BCUT2D eigenvalue weighted by molar-refractivity contribution is 5.95. The van der Waals surface area contributed by atoms with Crippen LogP contribution in [0, 0.1) is 5.92 Å². The molecule has 3 amide bonds. The number of aromatic nitrogens is 1. The van der Waals surface area contributed by atoms with Crippen molar-refractivity contribution in [2.75, 3.05) is 6.54 Å². The van der Waals surface area contributed by atoms with E-state index in [1.165, 1.54) is 0 Å². The van der Waals surface area contributed by atoms with E-state index in [1.54, 1.807) is 20.0 Å². The van der Waals surface area contributed by atoms with Gasteiger partial charge in [0.25, 0.3) is 0 Å². The Bertz CT molecular complexity index is 1290. The highest BCUT2D eigenvalue weighted by Gasteiger charge is 2.32. The monoisotopic (exact) mass is 588 g/mol. The molecular weight excluding hydrogens is 548 g/mol. The molecule has 0 saturated carbocycles. The van der Waals surface area contributed by atoms with Crippen LogP contribution in [0.25, 0.3) is 10.9 Å². The number of amides is 3. The molecule has 0 aliphatic heterocycles. The van der Waals surface area contributed by atoms with Gasteiger partial charge in [-0.1, -0.05) is 32.0 Å². The Morgan fingerprint density at radius 1 is 0.929 bits per heavy atom. The quantitative estimate of drug-likeness (QED) is 0.0627. The first-order valence-electron chi connectivity index (χ1n) is 13.5. The molecule has 4 unspecified atom stereocenters. The Hall–Kier alpha value is -4.66. The Morgan fingerprint density at radius 3 is 2.19 bits per heavy atom. The number of rotatable bonds is 17. The molecule has 15 heteroatoms. The zero-order valence-electron chi connectivity index (χ0n) is 23.6. The summed E-state index contributed by atoms with van der Waals surface area (Å²) in [5, 5.41) is 27.0. The molecule has 0 fully saturated rings. The van der Waals surface area contributed by atoms with E-state index >= 15 is 0 Å². The number of aliphatic imine (C=N–C) groups is 1. The average molecular weight is 589 g/mol. The lowest BCUT2D eigenvalue weighted by atomic mass is 10.0. The summed E-state index contributed by atoms with van der Waals surface area (Å²) in [6, 6.07) is 2.56. The SMILES string of the molecule is CC(C)C(NC(=O)C(Cc1c[nH]c2ccccc12)NC(=O)C(CCCN=C(N)N)NC(=O)C(N)CCC(=O)O)C(=O)O. The number of H-pyrrole nitrogens is 1. The van der Waals surface area contributed by atoms with Gasteiger partial charge in [0.1, 0.15) is 18.1 Å². The number of nitrogens with one attached hydrogen (secondary N) is 4. The van der Waals surface area contributed by atoms with E-state index in [4.69, 9.17) is 22.3 Å². The molecule has 1 aromatic heterocycles. The molecule has 0 radical (unpaired) electrons. The number of benzene rings is 1. The molecule has 42 heavy (non-hydrogen) atoms. The molecule has 2 aromatic rings. The predicted octanol–water partition coefficient (Wildman–Crippen LogP) is -0.849. The van der Waals surface area contributed by atoms with Crippen molar-refractivity contribution in [1.82, 2.24) is 20.9 Å². The van der Waals surface area contributed by atoms with Crippen LogP contribution < -0.4 is 33.2 Å². The van der Waals surface area contributed by atoms with Crippen LogP contribution in [0.15, 0.2) is 35.5 Å². The number of hydrogen-bond donors (Lipinski definition) is 9. The van der Waals surface area contributed by atoms with Crippen LogP contribution >= 0.6 is 0 Å². The lowest BCUT2D eigenvalue weighted by Gasteiger charge is -2.26. The van der Waals surface area contributed by atoms with Crippen molar-refractivity contribution in [1.29, 1.82) is 0 Å². The van der Waals surface area contributed by atoms with E-state index in [9.17, 15) is 29.1 Å². The third kappa shape index (κ3) is 10.4. The summed E-state index contributed by atoms with van der Waals surface area (Å²) in [6.07, 6.45) is 1.55. The number of hydrogen-bond acceptors (Lipinski definition) is 7. The zero-order chi connectivity index (χ0) is 31.4. The van der Waals surface area contributed by atoms with E-state index in [-0.39, 0.29) is 44.6 Å². The van der Waals surface area contributed by atoms with Crippen LogP contribution in [0.3, 0.4) is 0 Å². The number of nitrogens with zero attached hydrogens (tertiary/aromatic N) is 1. The second-order valence-corrected chi connectivity index (χ2v) is 10.2. The zero-order valence-corrected chi connectivity index (χ0v) is 23.6. The summed E-state index contributed by atoms with van der Waals surface area (Å²) < 4.78 is 0. The van der Waals surface area contributed by atoms with Gasteiger partial charge in [-0.05, 0) is 36.8 Å². The van der Waals surface area contributed by atoms with E-state index in [2.05, 4.69) is 25.9 Å². The maximum absolute atomic E-state index is 13.5. The van der Waals surface area contributed by atoms with Gasteiger partial charge in [-0.3, -0.25) is 24.2 Å². The first kappa shape index (κ1) is 33.5. The largest absolute Gasteiger partial charge is 0.481 e. The summed E-state index contributed by atoms with van der Waals surface area (Å²) in [5.41, 5.74) is 18.1. The average Bonchev–Trinajstić information content (AvgIpc) is 3.33. The second kappa shape index (κ2) is 16.0. The normalized spacial score (nSPS) is 13.9. The standard InChI is InChI=1S/C27H40N8O7/c1-14(2)22(26(41)42)35-25(40)20(12-15-13-32-18-7-4-3-6-16(15)18)34-24(39)19(8-5-11-31-27(29)30)33-23(38)17(28)9-10-21(36)37/h3-4,6-7,13-14,17,19-20,22,32H,5,8-12,28H2,1-2H3,(H,33,38)(H,34,39)(H,35,40)(H,36,37)(H,41,42)(H4,29,30,31).